The second kappa shape index (κ2) is 5.75. The first-order valence-corrected chi connectivity index (χ1v) is 7.23. The van der Waals surface area contributed by atoms with Crippen LogP contribution in [0.3, 0.4) is 0 Å². The van der Waals surface area contributed by atoms with Crippen molar-refractivity contribution >= 4 is 27.3 Å². The molecule has 0 aliphatic carbocycles. The molecule has 1 atom stereocenters. The molecule has 92 valence electrons. The molecule has 0 amide bonds. The van der Waals surface area contributed by atoms with Gasteiger partial charge in [0.25, 0.3) is 0 Å². The second-order valence-electron chi connectivity index (χ2n) is 3.79. The van der Waals surface area contributed by atoms with Crippen LogP contribution in [0.15, 0.2) is 22.1 Å². The van der Waals surface area contributed by atoms with Crippen molar-refractivity contribution in [2.24, 2.45) is 7.05 Å². The number of rotatable bonds is 5. The van der Waals surface area contributed by atoms with Gasteiger partial charge >= 0.3 is 0 Å². The molecule has 2 rings (SSSR count). The zero-order valence-corrected chi connectivity index (χ0v) is 12.3. The molecule has 2 aromatic rings. The zero-order chi connectivity index (χ0) is 12.3. The Kier molecular flexibility index (Phi) is 4.31. The first kappa shape index (κ1) is 12.7. The third kappa shape index (κ3) is 2.75. The van der Waals surface area contributed by atoms with E-state index in [0.29, 0.717) is 0 Å². The van der Waals surface area contributed by atoms with Crippen LogP contribution < -0.4 is 5.32 Å². The Morgan fingerprint density at radius 2 is 2.41 bits per heavy atom. The molecule has 0 saturated carbocycles. The van der Waals surface area contributed by atoms with Gasteiger partial charge in [-0.05, 0) is 40.3 Å². The van der Waals surface area contributed by atoms with E-state index in [1.54, 1.807) is 11.3 Å². The summed E-state index contributed by atoms with van der Waals surface area (Å²) in [6.07, 6.45) is 1.10. The average molecular weight is 315 g/mol. The molecule has 1 unspecified atom stereocenters. The van der Waals surface area contributed by atoms with Crippen LogP contribution >= 0.6 is 27.3 Å². The number of halogens is 1. The van der Waals surface area contributed by atoms with E-state index in [9.17, 15) is 0 Å². The van der Waals surface area contributed by atoms with Gasteiger partial charge in [-0.2, -0.15) is 0 Å². The van der Waals surface area contributed by atoms with Crippen molar-refractivity contribution in [1.82, 2.24) is 20.3 Å². The summed E-state index contributed by atoms with van der Waals surface area (Å²) in [5.74, 6) is 0. The Morgan fingerprint density at radius 1 is 1.59 bits per heavy atom. The Hall–Kier alpha value is -0.720. The van der Waals surface area contributed by atoms with E-state index in [0.717, 1.165) is 23.3 Å². The lowest BCUT2D eigenvalue weighted by Crippen LogP contribution is -2.24. The predicted octanol–water partition coefficient (Wildman–Crippen LogP) is 2.73. The lowest BCUT2D eigenvalue weighted by molar-refractivity contribution is 0.555. The highest BCUT2D eigenvalue weighted by Crippen LogP contribution is 2.29. The maximum Gasteiger partial charge on any atom is 0.153 e. The minimum Gasteiger partial charge on any atom is -0.304 e. The monoisotopic (exact) mass is 314 g/mol. The Balaban J connectivity index is 2.33. The Morgan fingerprint density at radius 3 is 2.94 bits per heavy atom. The smallest absolute Gasteiger partial charge is 0.153 e. The van der Waals surface area contributed by atoms with E-state index in [-0.39, 0.29) is 6.04 Å². The minimum atomic E-state index is 0.157. The fourth-order valence-electron chi connectivity index (χ4n) is 1.72. The van der Waals surface area contributed by atoms with Crippen LogP contribution in [0.25, 0.3) is 0 Å². The first-order valence-electron chi connectivity index (χ1n) is 5.56. The number of hydrogen-bond acceptors (Lipinski definition) is 4. The average Bonchev–Trinajstić information content (AvgIpc) is 2.93. The van der Waals surface area contributed by atoms with Gasteiger partial charge < -0.3 is 5.32 Å². The molecule has 4 nitrogen and oxygen atoms in total. The number of nitrogens with one attached hydrogen (secondary N) is 1. The SMILES string of the molecule is CCCNC(c1cccs1)c1c(Br)nnn1C. The lowest BCUT2D eigenvalue weighted by atomic mass is 10.1. The third-order valence-corrected chi connectivity index (χ3v) is 4.03. The normalized spacial score (nSPS) is 12.9. The maximum atomic E-state index is 4.05. The van der Waals surface area contributed by atoms with Gasteiger partial charge in [-0.25, -0.2) is 4.68 Å². The van der Waals surface area contributed by atoms with Crippen LogP contribution in [0.4, 0.5) is 0 Å². The van der Waals surface area contributed by atoms with E-state index < -0.39 is 0 Å². The van der Waals surface area contributed by atoms with Crippen molar-refractivity contribution in [3.05, 3.63) is 32.7 Å². The summed E-state index contributed by atoms with van der Waals surface area (Å²) in [6, 6.07) is 4.36. The summed E-state index contributed by atoms with van der Waals surface area (Å²) >= 11 is 5.21. The molecule has 17 heavy (non-hydrogen) atoms. The molecule has 0 bridgehead atoms. The molecule has 0 aliphatic rings. The van der Waals surface area contributed by atoms with Gasteiger partial charge in [-0.15, -0.1) is 16.4 Å². The van der Waals surface area contributed by atoms with Crippen LogP contribution in [0.1, 0.15) is 30.0 Å². The topological polar surface area (TPSA) is 42.7 Å². The standard InChI is InChI=1S/C11H15BrN4S/c1-3-6-13-9(8-5-4-7-17-8)10-11(12)14-15-16(10)2/h4-5,7,9,13H,3,6H2,1-2H3. The first-order chi connectivity index (χ1) is 8.24. The highest BCUT2D eigenvalue weighted by molar-refractivity contribution is 9.10. The number of nitrogens with zero attached hydrogens (tertiary/aromatic N) is 3. The Labute approximate surface area is 113 Å². The molecule has 2 heterocycles. The lowest BCUT2D eigenvalue weighted by Gasteiger charge is -2.17. The molecule has 0 spiro atoms. The number of hydrogen-bond donors (Lipinski definition) is 1. The summed E-state index contributed by atoms with van der Waals surface area (Å²) in [5, 5.41) is 13.7. The number of thiophene rings is 1. The maximum absolute atomic E-state index is 4.05. The number of aryl methyl sites for hydroxylation is 1. The van der Waals surface area contributed by atoms with Crippen molar-refractivity contribution in [3.63, 3.8) is 0 Å². The Bertz CT molecular complexity index is 446. The van der Waals surface area contributed by atoms with E-state index in [1.807, 2.05) is 11.7 Å². The van der Waals surface area contributed by atoms with Gasteiger partial charge in [0.1, 0.15) is 0 Å². The van der Waals surface area contributed by atoms with Crippen molar-refractivity contribution < 1.29 is 0 Å². The minimum absolute atomic E-state index is 0.157. The summed E-state index contributed by atoms with van der Waals surface area (Å²) in [4.78, 5) is 1.28. The molecular formula is C11H15BrN4S. The largest absolute Gasteiger partial charge is 0.304 e. The molecule has 0 fully saturated rings. The van der Waals surface area contributed by atoms with E-state index in [1.165, 1.54) is 4.88 Å². The third-order valence-electron chi connectivity index (χ3n) is 2.53. The molecule has 0 aliphatic heterocycles. The second-order valence-corrected chi connectivity index (χ2v) is 5.52. The van der Waals surface area contributed by atoms with Crippen LogP contribution in [0.2, 0.25) is 0 Å². The van der Waals surface area contributed by atoms with Gasteiger partial charge in [0.2, 0.25) is 0 Å². The molecule has 1 N–H and O–H groups in total. The number of aromatic nitrogens is 3. The van der Waals surface area contributed by atoms with Gasteiger partial charge in [0.15, 0.2) is 4.60 Å². The molecule has 0 saturated heterocycles. The molecule has 0 radical (unpaired) electrons. The summed E-state index contributed by atoms with van der Waals surface area (Å²) in [5.41, 5.74) is 1.07. The fraction of sp³-hybridized carbons (Fsp3) is 0.455. The van der Waals surface area contributed by atoms with Crippen LogP contribution in [-0.4, -0.2) is 21.5 Å². The highest BCUT2D eigenvalue weighted by Gasteiger charge is 2.21. The van der Waals surface area contributed by atoms with Gasteiger partial charge in [0, 0.05) is 11.9 Å². The van der Waals surface area contributed by atoms with Crippen LogP contribution in [0.5, 0.6) is 0 Å². The van der Waals surface area contributed by atoms with Crippen molar-refractivity contribution in [1.29, 1.82) is 0 Å². The summed E-state index contributed by atoms with van der Waals surface area (Å²) in [6.45, 7) is 3.13. The predicted molar refractivity (Wildman–Crippen MR) is 73.2 cm³/mol. The van der Waals surface area contributed by atoms with Crippen molar-refractivity contribution in [3.8, 4) is 0 Å². The molecule has 0 aromatic carbocycles. The van der Waals surface area contributed by atoms with Crippen LogP contribution in [-0.2, 0) is 7.05 Å². The molecule has 6 heteroatoms. The molecular weight excluding hydrogens is 300 g/mol. The van der Waals surface area contributed by atoms with Crippen molar-refractivity contribution in [2.75, 3.05) is 6.54 Å². The molecule has 2 aromatic heterocycles. The quantitative estimate of drug-likeness (QED) is 0.922. The van der Waals surface area contributed by atoms with Crippen LogP contribution in [0, 0.1) is 0 Å². The van der Waals surface area contributed by atoms with E-state index in [4.69, 9.17) is 0 Å². The fourth-order valence-corrected chi connectivity index (χ4v) is 3.08. The van der Waals surface area contributed by atoms with Crippen molar-refractivity contribution in [2.45, 2.75) is 19.4 Å². The summed E-state index contributed by atoms with van der Waals surface area (Å²) < 4.78 is 2.62. The van der Waals surface area contributed by atoms with Gasteiger partial charge in [0.05, 0.1) is 11.7 Å². The zero-order valence-electron chi connectivity index (χ0n) is 9.85. The van der Waals surface area contributed by atoms with E-state index in [2.05, 4.69) is 56.0 Å². The van der Waals surface area contributed by atoms with Gasteiger partial charge in [-0.1, -0.05) is 18.2 Å². The van der Waals surface area contributed by atoms with Gasteiger partial charge in [-0.3, -0.25) is 0 Å². The summed E-state index contributed by atoms with van der Waals surface area (Å²) in [7, 11) is 1.92. The van der Waals surface area contributed by atoms with E-state index >= 15 is 0 Å². The highest BCUT2D eigenvalue weighted by atomic mass is 79.9.